The molecular formula is C22H28N6O2. The van der Waals surface area contributed by atoms with E-state index in [1.807, 2.05) is 29.6 Å². The largest absolute Gasteiger partial charge is 0.443 e. The number of hydrogen-bond donors (Lipinski definition) is 1. The fourth-order valence-corrected chi connectivity index (χ4v) is 4.14. The Bertz CT molecular complexity index is 1100. The summed E-state index contributed by atoms with van der Waals surface area (Å²) in [6, 6.07) is 4.08. The minimum atomic E-state index is -0.134. The molecule has 158 valence electrons. The Morgan fingerprint density at radius 3 is 2.57 bits per heavy atom. The van der Waals surface area contributed by atoms with Crippen LogP contribution in [0.15, 0.2) is 16.5 Å². The molecule has 0 radical (unpaired) electrons. The van der Waals surface area contributed by atoms with Crippen molar-refractivity contribution >= 4 is 22.8 Å². The number of amides is 1. The van der Waals surface area contributed by atoms with Gasteiger partial charge in [0, 0.05) is 37.3 Å². The lowest BCUT2D eigenvalue weighted by atomic mass is 9.93. The van der Waals surface area contributed by atoms with Gasteiger partial charge in [0.05, 0.1) is 11.1 Å². The molecule has 8 heteroatoms. The van der Waals surface area contributed by atoms with Crippen LogP contribution in [0, 0.1) is 13.8 Å². The van der Waals surface area contributed by atoms with Gasteiger partial charge in [-0.15, -0.1) is 0 Å². The van der Waals surface area contributed by atoms with Crippen molar-refractivity contribution in [1.29, 1.82) is 0 Å². The molecule has 8 nitrogen and oxygen atoms in total. The van der Waals surface area contributed by atoms with Crippen LogP contribution in [0.3, 0.4) is 0 Å². The van der Waals surface area contributed by atoms with Gasteiger partial charge >= 0.3 is 0 Å². The van der Waals surface area contributed by atoms with Gasteiger partial charge in [-0.05, 0) is 58.6 Å². The number of likely N-dealkylation sites (tertiary alicyclic amines) is 1. The number of furan rings is 1. The van der Waals surface area contributed by atoms with Gasteiger partial charge in [-0.2, -0.15) is 10.1 Å². The van der Waals surface area contributed by atoms with Crippen LogP contribution in [0.1, 0.15) is 66.3 Å². The third-order valence-corrected chi connectivity index (χ3v) is 6.46. The molecule has 1 saturated carbocycles. The van der Waals surface area contributed by atoms with E-state index in [4.69, 9.17) is 4.42 Å². The number of aryl methyl sites for hydroxylation is 3. The van der Waals surface area contributed by atoms with Gasteiger partial charge in [-0.1, -0.05) is 0 Å². The number of nitrogens with zero attached hydrogens (tertiary/aromatic N) is 5. The molecule has 0 atom stereocenters. The normalized spacial score (nSPS) is 18.7. The van der Waals surface area contributed by atoms with Crippen LogP contribution >= 0.6 is 0 Å². The van der Waals surface area contributed by atoms with Gasteiger partial charge in [0.1, 0.15) is 11.6 Å². The Morgan fingerprint density at radius 1 is 1.20 bits per heavy atom. The highest BCUT2D eigenvalue weighted by molar-refractivity contribution is 5.95. The van der Waals surface area contributed by atoms with E-state index in [1.165, 1.54) is 0 Å². The highest BCUT2D eigenvalue weighted by atomic mass is 16.3. The first-order chi connectivity index (χ1) is 14.3. The quantitative estimate of drug-likeness (QED) is 0.710. The lowest BCUT2D eigenvalue weighted by molar-refractivity contribution is 0.0699. The first-order valence-electron chi connectivity index (χ1n) is 10.7. The Morgan fingerprint density at radius 2 is 1.93 bits per heavy atom. The first-order valence-corrected chi connectivity index (χ1v) is 10.7. The lowest BCUT2D eigenvalue weighted by Crippen LogP contribution is -2.39. The van der Waals surface area contributed by atoms with Crippen molar-refractivity contribution in [2.75, 3.05) is 18.4 Å². The maximum absolute atomic E-state index is 13.2. The highest BCUT2D eigenvalue weighted by Crippen LogP contribution is 2.39. The zero-order valence-corrected chi connectivity index (χ0v) is 18.0. The van der Waals surface area contributed by atoms with Crippen molar-refractivity contribution in [3.63, 3.8) is 0 Å². The smallest absolute Gasteiger partial charge is 0.291 e. The molecule has 4 heterocycles. The monoisotopic (exact) mass is 408 g/mol. The van der Waals surface area contributed by atoms with Gasteiger partial charge in [0.2, 0.25) is 11.5 Å². The topological polar surface area (TPSA) is 89.1 Å². The SMILES string of the molecule is Cc1cc2c(NC3(C)CC3)nc(C(=O)N3CCC(c4cc(C)n(C)n4)CC3)nc2o1. The zero-order chi connectivity index (χ0) is 21.0. The summed E-state index contributed by atoms with van der Waals surface area (Å²) in [6.07, 6.45) is 3.99. The van der Waals surface area contributed by atoms with Crippen molar-refractivity contribution in [3.8, 4) is 0 Å². The van der Waals surface area contributed by atoms with E-state index in [2.05, 4.69) is 40.3 Å². The predicted molar refractivity (Wildman–Crippen MR) is 114 cm³/mol. The summed E-state index contributed by atoms with van der Waals surface area (Å²) in [5.74, 6) is 1.91. The second-order valence-corrected chi connectivity index (χ2v) is 9.06. The Kier molecular flexibility index (Phi) is 4.34. The number of fused-ring (bicyclic) bond motifs is 1. The summed E-state index contributed by atoms with van der Waals surface area (Å²) in [6.45, 7) is 7.47. The van der Waals surface area contributed by atoms with Gasteiger partial charge < -0.3 is 14.6 Å². The summed E-state index contributed by atoms with van der Waals surface area (Å²) in [7, 11) is 1.97. The lowest BCUT2D eigenvalue weighted by Gasteiger charge is -2.30. The average Bonchev–Trinajstić information content (AvgIpc) is 3.16. The summed E-state index contributed by atoms with van der Waals surface area (Å²) < 4.78 is 7.65. The van der Waals surface area contributed by atoms with E-state index >= 15 is 0 Å². The zero-order valence-electron chi connectivity index (χ0n) is 18.0. The van der Waals surface area contributed by atoms with Crippen LogP contribution in [-0.4, -0.2) is 49.2 Å². The maximum Gasteiger partial charge on any atom is 0.291 e. The van der Waals surface area contributed by atoms with Gasteiger partial charge in [-0.25, -0.2) is 4.98 Å². The molecule has 1 saturated heterocycles. The van der Waals surface area contributed by atoms with Gasteiger partial charge in [0.15, 0.2) is 0 Å². The molecular weight excluding hydrogens is 380 g/mol. The van der Waals surface area contributed by atoms with Crippen molar-refractivity contribution in [2.24, 2.45) is 7.05 Å². The van der Waals surface area contributed by atoms with Gasteiger partial charge in [0.25, 0.3) is 5.91 Å². The van der Waals surface area contributed by atoms with E-state index in [9.17, 15) is 4.79 Å². The Hall–Kier alpha value is -2.90. The van der Waals surface area contributed by atoms with E-state index in [1.54, 1.807) is 0 Å². The number of anilines is 1. The van der Waals surface area contributed by atoms with Crippen LogP contribution in [0.25, 0.3) is 11.1 Å². The molecule has 0 spiro atoms. The number of nitrogens with one attached hydrogen (secondary N) is 1. The van der Waals surface area contributed by atoms with Crippen LogP contribution in [0.2, 0.25) is 0 Å². The van der Waals surface area contributed by atoms with E-state index in [-0.39, 0.29) is 17.3 Å². The third-order valence-electron chi connectivity index (χ3n) is 6.46. The molecule has 1 aliphatic carbocycles. The third kappa shape index (κ3) is 3.44. The number of aromatic nitrogens is 4. The molecule has 3 aromatic rings. The summed E-state index contributed by atoms with van der Waals surface area (Å²) in [4.78, 5) is 24.1. The molecule has 3 aromatic heterocycles. The molecule has 0 aromatic carbocycles. The molecule has 5 rings (SSSR count). The van der Waals surface area contributed by atoms with Crippen LogP contribution in [-0.2, 0) is 7.05 Å². The number of piperidine rings is 1. The van der Waals surface area contributed by atoms with E-state index in [0.717, 1.165) is 48.2 Å². The fourth-order valence-electron chi connectivity index (χ4n) is 4.14. The fraction of sp³-hybridized carbons (Fsp3) is 0.545. The molecule has 2 aliphatic rings. The first kappa shape index (κ1) is 19.1. The molecule has 0 unspecified atom stereocenters. The number of hydrogen-bond acceptors (Lipinski definition) is 6. The second kappa shape index (κ2) is 6.82. The Balaban J connectivity index is 1.36. The van der Waals surface area contributed by atoms with Crippen LogP contribution in [0.5, 0.6) is 0 Å². The van der Waals surface area contributed by atoms with Crippen molar-refractivity contribution in [3.05, 3.63) is 35.1 Å². The highest BCUT2D eigenvalue weighted by Gasteiger charge is 2.38. The van der Waals surface area contributed by atoms with E-state index < -0.39 is 0 Å². The van der Waals surface area contributed by atoms with Crippen molar-refractivity contribution in [1.82, 2.24) is 24.6 Å². The minimum Gasteiger partial charge on any atom is -0.443 e. The van der Waals surface area contributed by atoms with Crippen LogP contribution < -0.4 is 5.32 Å². The van der Waals surface area contributed by atoms with Crippen LogP contribution in [0.4, 0.5) is 5.82 Å². The summed E-state index contributed by atoms with van der Waals surface area (Å²) in [5, 5.41) is 8.94. The number of carbonyl (C=O) groups excluding carboxylic acids is 1. The molecule has 1 amide bonds. The second-order valence-electron chi connectivity index (χ2n) is 9.06. The van der Waals surface area contributed by atoms with Gasteiger partial charge in [-0.3, -0.25) is 9.48 Å². The Labute approximate surface area is 175 Å². The van der Waals surface area contributed by atoms with E-state index in [0.29, 0.717) is 30.5 Å². The number of rotatable bonds is 4. The van der Waals surface area contributed by atoms with Crippen molar-refractivity contribution < 1.29 is 9.21 Å². The minimum absolute atomic E-state index is 0.0476. The summed E-state index contributed by atoms with van der Waals surface area (Å²) >= 11 is 0. The molecule has 2 fully saturated rings. The van der Waals surface area contributed by atoms with Crippen molar-refractivity contribution in [2.45, 2.75) is 57.9 Å². The molecule has 0 bridgehead atoms. The molecule has 1 aliphatic heterocycles. The number of carbonyl (C=O) groups is 1. The molecule has 30 heavy (non-hydrogen) atoms. The molecule has 1 N–H and O–H groups in total. The standard InChI is InChI=1S/C22H28N6O2/c1-13-11-17(26-27(13)4)15-5-9-28(10-6-15)21(29)19-23-18(25-22(3)7-8-22)16-12-14(2)30-20(16)24-19/h11-12,15H,5-10H2,1-4H3,(H,23,24,25). The maximum atomic E-state index is 13.2. The summed E-state index contributed by atoms with van der Waals surface area (Å²) in [5.41, 5.74) is 2.79. The predicted octanol–water partition coefficient (Wildman–Crippen LogP) is 3.56. The average molecular weight is 409 g/mol.